The van der Waals surface area contributed by atoms with Gasteiger partial charge < -0.3 is 15.1 Å². The number of aromatic nitrogens is 2. The third-order valence-electron chi connectivity index (χ3n) is 7.80. The number of carbonyl (C=O) groups is 2. The Balaban J connectivity index is 1.21. The van der Waals surface area contributed by atoms with Gasteiger partial charge in [-0.05, 0) is 61.2 Å². The van der Waals surface area contributed by atoms with E-state index >= 15 is 0 Å². The van der Waals surface area contributed by atoms with Crippen LogP contribution in [0.15, 0.2) is 65.7 Å². The summed E-state index contributed by atoms with van der Waals surface area (Å²) in [5, 5.41) is 3.17. The number of hydrogen-bond acceptors (Lipinski definition) is 7. The van der Waals surface area contributed by atoms with E-state index in [2.05, 4.69) is 22.2 Å². The van der Waals surface area contributed by atoms with Gasteiger partial charge in [-0.1, -0.05) is 26.0 Å². The van der Waals surface area contributed by atoms with Crippen LogP contribution in [0.25, 0.3) is 11.3 Å². The van der Waals surface area contributed by atoms with Crippen LogP contribution in [0.3, 0.4) is 0 Å². The number of nitrogens with zero attached hydrogens (tertiary/aromatic N) is 5. The Morgan fingerprint density at radius 2 is 1.51 bits per heavy atom. The van der Waals surface area contributed by atoms with Crippen molar-refractivity contribution in [3.63, 3.8) is 0 Å². The van der Waals surface area contributed by atoms with Gasteiger partial charge in [0.15, 0.2) is 0 Å². The zero-order chi connectivity index (χ0) is 29.0. The number of rotatable bonds is 7. The molecule has 0 spiro atoms. The molecule has 10 nitrogen and oxygen atoms in total. The number of piperidine rings is 1. The molecule has 1 N–H and O–H groups in total. The van der Waals surface area contributed by atoms with Crippen LogP contribution in [0.2, 0.25) is 0 Å². The molecule has 0 atom stereocenters. The molecule has 216 valence electrons. The summed E-state index contributed by atoms with van der Waals surface area (Å²) in [4.78, 5) is 37.6. The molecule has 41 heavy (non-hydrogen) atoms. The highest BCUT2D eigenvalue weighted by Crippen LogP contribution is 2.26. The van der Waals surface area contributed by atoms with Crippen molar-refractivity contribution in [1.82, 2.24) is 24.1 Å². The quantitative estimate of drug-likeness (QED) is 0.452. The summed E-state index contributed by atoms with van der Waals surface area (Å²) in [7, 11) is -3.51. The second-order valence-corrected chi connectivity index (χ2v) is 12.5. The normalized spacial score (nSPS) is 16.9. The van der Waals surface area contributed by atoms with Gasteiger partial charge in [0.25, 0.3) is 5.91 Å². The Bertz CT molecular complexity index is 1480. The van der Waals surface area contributed by atoms with Crippen LogP contribution in [0.4, 0.5) is 11.6 Å². The molecule has 2 amide bonds. The molecule has 0 radical (unpaired) electrons. The van der Waals surface area contributed by atoms with Crippen molar-refractivity contribution < 1.29 is 18.0 Å². The molecule has 2 aliphatic heterocycles. The number of carbonyl (C=O) groups excluding carboxylic acids is 2. The molecule has 2 aromatic carbocycles. The van der Waals surface area contributed by atoms with Gasteiger partial charge in [0, 0.05) is 68.7 Å². The van der Waals surface area contributed by atoms with Gasteiger partial charge in [0.2, 0.25) is 21.9 Å². The van der Waals surface area contributed by atoms with Gasteiger partial charge in [-0.25, -0.2) is 18.4 Å². The van der Waals surface area contributed by atoms with E-state index in [1.165, 1.54) is 0 Å². The molecule has 0 saturated carbocycles. The van der Waals surface area contributed by atoms with Crippen molar-refractivity contribution in [3.8, 4) is 11.3 Å². The fourth-order valence-corrected chi connectivity index (χ4v) is 6.61. The standard InChI is InChI=1S/C30H36N6O4S/c1-3-28(37)34-18-20-35(21-19-34)29(38)24-4-8-25(9-5-24)32-30-31-15-12-27(33-30)23-6-10-26(11-7-23)41(39,40)36-16-13-22(2)14-17-36/h4-12,15,22H,3,13-14,16-21H2,1-2H3,(H,31,32,33). The molecule has 2 fully saturated rings. The molecule has 11 heteroatoms. The summed E-state index contributed by atoms with van der Waals surface area (Å²) in [5.74, 6) is 0.998. The number of anilines is 2. The second-order valence-electron chi connectivity index (χ2n) is 10.6. The molecule has 2 saturated heterocycles. The summed E-state index contributed by atoms with van der Waals surface area (Å²) in [6.45, 7) is 7.27. The van der Waals surface area contributed by atoms with Crippen molar-refractivity contribution in [2.45, 2.75) is 38.0 Å². The van der Waals surface area contributed by atoms with Crippen LogP contribution in [0.1, 0.15) is 43.5 Å². The highest BCUT2D eigenvalue weighted by Gasteiger charge is 2.28. The fraction of sp³-hybridized carbons (Fsp3) is 0.400. The summed E-state index contributed by atoms with van der Waals surface area (Å²) in [6, 6.07) is 15.7. The third-order valence-corrected chi connectivity index (χ3v) is 9.71. The molecule has 0 aliphatic carbocycles. The molecule has 3 heterocycles. The van der Waals surface area contributed by atoms with Gasteiger partial charge in [-0.2, -0.15) is 4.31 Å². The van der Waals surface area contributed by atoms with Crippen molar-refractivity contribution >= 4 is 33.5 Å². The monoisotopic (exact) mass is 576 g/mol. The van der Waals surface area contributed by atoms with Crippen molar-refractivity contribution in [1.29, 1.82) is 0 Å². The van der Waals surface area contributed by atoms with E-state index < -0.39 is 10.0 Å². The Hall–Kier alpha value is -3.83. The lowest BCUT2D eigenvalue weighted by Crippen LogP contribution is -2.50. The largest absolute Gasteiger partial charge is 0.339 e. The van der Waals surface area contributed by atoms with Crippen LogP contribution in [0, 0.1) is 5.92 Å². The summed E-state index contributed by atoms with van der Waals surface area (Å²) < 4.78 is 27.7. The maximum absolute atomic E-state index is 13.1. The van der Waals surface area contributed by atoms with Gasteiger partial charge in [0.05, 0.1) is 10.6 Å². The zero-order valence-electron chi connectivity index (χ0n) is 23.5. The van der Waals surface area contributed by atoms with Crippen molar-refractivity contribution in [2.75, 3.05) is 44.6 Å². The van der Waals surface area contributed by atoms with E-state index in [0.717, 1.165) is 24.1 Å². The van der Waals surface area contributed by atoms with Gasteiger partial charge in [0.1, 0.15) is 0 Å². The number of benzene rings is 2. The summed E-state index contributed by atoms with van der Waals surface area (Å²) >= 11 is 0. The zero-order valence-corrected chi connectivity index (χ0v) is 24.3. The predicted molar refractivity (Wildman–Crippen MR) is 157 cm³/mol. The number of sulfonamides is 1. The van der Waals surface area contributed by atoms with E-state index in [0.29, 0.717) is 68.8 Å². The van der Waals surface area contributed by atoms with Gasteiger partial charge in [-0.3, -0.25) is 9.59 Å². The minimum atomic E-state index is -3.51. The van der Waals surface area contributed by atoms with Crippen LogP contribution >= 0.6 is 0 Å². The lowest BCUT2D eigenvalue weighted by Gasteiger charge is -2.34. The molecule has 5 rings (SSSR count). The first-order chi connectivity index (χ1) is 19.7. The molecular formula is C30H36N6O4S. The third kappa shape index (κ3) is 6.57. The smallest absolute Gasteiger partial charge is 0.253 e. The minimum absolute atomic E-state index is 0.0568. The lowest BCUT2D eigenvalue weighted by atomic mass is 10.0. The average molecular weight is 577 g/mol. The minimum Gasteiger partial charge on any atom is -0.339 e. The Morgan fingerprint density at radius 3 is 2.15 bits per heavy atom. The molecule has 0 unspecified atom stereocenters. The van der Waals surface area contributed by atoms with Crippen molar-refractivity contribution in [3.05, 3.63) is 66.4 Å². The lowest BCUT2D eigenvalue weighted by molar-refractivity contribution is -0.132. The molecule has 3 aromatic rings. The van der Waals surface area contributed by atoms with E-state index in [-0.39, 0.29) is 16.7 Å². The maximum Gasteiger partial charge on any atom is 0.253 e. The average Bonchev–Trinajstić information content (AvgIpc) is 3.01. The first-order valence-electron chi connectivity index (χ1n) is 14.1. The van der Waals surface area contributed by atoms with Gasteiger partial charge >= 0.3 is 0 Å². The first-order valence-corrected chi connectivity index (χ1v) is 15.6. The Morgan fingerprint density at radius 1 is 0.878 bits per heavy atom. The van der Waals surface area contributed by atoms with Crippen LogP contribution in [-0.4, -0.2) is 83.6 Å². The topological polar surface area (TPSA) is 116 Å². The fourth-order valence-electron chi connectivity index (χ4n) is 5.14. The van der Waals surface area contributed by atoms with Crippen LogP contribution in [0.5, 0.6) is 0 Å². The molecule has 0 bridgehead atoms. The van der Waals surface area contributed by atoms with E-state index in [1.54, 1.807) is 74.9 Å². The van der Waals surface area contributed by atoms with Gasteiger partial charge in [-0.15, -0.1) is 0 Å². The molecular weight excluding hydrogens is 540 g/mol. The van der Waals surface area contributed by atoms with E-state index in [1.807, 2.05) is 6.92 Å². The predicted octanol–water partition coefficient (Wildman–Crippen LogP) is 4.00. The highest BCUT2D eigenvalue weighted by atomic mass is 32.2. The van der Waals surface area contributed by atoms with Crippen LogP contribution < -0.4 is 5.32 Å². The molecule has 2 aliphatic rings. The van der Waals surface area contributed by atoms with E-state index in [9.17, 15) is 18.0 Å². The number of amides is 2. The number of piperazine rings is 1. The Labute approximate surface area is 241 Å². The summed E-state index contributed by atoms with van der Waals surface area (Å²) in [6.07, 6.45) is 3.88. The second kappa shape index (κ2) is 12.4. The van der Waals surface area contributed by atoms with Crippen molar-refractivity contribution in [2.24, 2.45) is 5.92 Å². The maximum atomic E-state index is 13.1. The number of nitrogens with one attached hydrogen (secondary N) is 1. The first kappa shape index (κ1) is 28.7. The highest BCUT2D eigenvalue weighted by molar-refractivity contribution is 7.89. The summed E-state index contributed by atoms with van der Waals surface area (Å²) in [5.41, 5.74) is 2.75. The Kier molecular flexibility index (Phi) is 8.65. The van der Waals surface area contributed by atoms with Crippen LogP contribution in [-0.2, 0) is 14.8 Å². The molecule has 1 aromatic heterocycles. The van der Waals surface area contributed by atoms with E-state index in [4.69, 9.17) is 0 Å². The number of hydrogen-bond donors (Lipinski definition) is 1. The SMILES string of the molecule is CCC(=O)N1CCN(C(=O)c2ccc(Nc3nccc(-c4ccc(S(=O)(=O)N5CCC(C)CC5)cc4)n3)cc2)CC1.